The lowest BCUT2D eigenvalue weighted by Crippen LogP contribution is -2.58. The lowest BCUT2D eigenvalue weighted by molar-refractivity contribution is -0.0206. The van der Waals surface area contributed by atoms with E-state index in [1.807, 2.05) is 0 Å². The molecule has 4 aliphatic rings. The Hall–Kier alpha value is -0.860. The Morgan fingerprint density at radius 2 is 1.48 bits per heavy atom. The third-order valence-electron chi connectivity index (χ3n) is 6.04. The number of methoxy groups -OCH3 is 1. The molecule has 114 valence electrons. The molecule has 4 bridgehead atoms. The van der Waals surface area contributed by atoms with Crippen LogP contribution in [0.3, 0.4) is 0 Å². The van der Waals surface area contributed by atoms with Gasteiger partial charge >= 0.3 is 0 Å². The molecule has 0 amide bonds. The third kappa shape index (κ3) is 2.76. The van der Waals surface area contributed by atoms with E-state index in [1.54, 1.807) is 7.11 Å². The molecule has 2 nitrogen and oxygen atoms in total. The minimum absolute atomic E-state index is 0.472. The standard InChI is InChI=1S/C19H27NO/c1-21-13-15-4-2-14(3-5-15)12-20-19-9-16-6-17(10-19)8-18(7-16)11-19/h2-5,16-18,20H,6-13H2,1H3. The van der Waals surface area contributed by atoms with E-state index in [0.717, 1.165) is 24.3 Å². The molecule has 0 spiro atoms. The summed E-state index contributed by atoms with van der Waals surface area (Å²) in [5.74, 6) is 3.06. The molecule has 0 heterocycles. The maximum atomic E-state index is 5.18. The van der Waals surface area contributed by atoms with E-state index in [0.29, 0.717) is 12.1 Å². The summed E-state index contributed by atoms with van der Waals surface area (Å²) in [5, 5.41) is 3.96. The Balaban J connectivity index is 1.40. The molecule has 0 atom stereocenters. The SMILES string of the molecule is COCc1ccc(CNC23CC4CC(CC(C4)C2)C3)cc1. The van der Waals surface area contributed by atoms with Crippen LogP contribution in [-0.4, -0.2) is 12.6 Å². The molecule has 4 aliphatic carbocycles. The first-order valence-corrected chi connectivity index (χ1v) is 8.56. The number of benzene rings is 1. The molecule has 21 heavy (non-hydrogen) atoms. The Kier molecular flexibility index (Phi) is 3.55. The van der Waals surface area contributed by atoms with Crippen molar-refractivity contribution in [2.45, 2.75) is 57.2 Å². The molecule has 0 saturated heterocycles. The summed E-state index contributed by atoms with van der Waals surface area (Å²) in [5.41, 5.74) is 3.14. The van der Waals surface area contributed by atoms with Gasteiger partial charge in [-0.2, -0.15) is 0 Å². The zero-order chi connectivity index (χ0) is 14.3. The lowest BCUT2D eigenvalue weighted by atomic mass is 9.53. The molecule has 5 rings (SSSR count). The van der Waals surface area contributed by atoms with Crippen LogP contribution in [0.4, 0.5) is 0 Å². The number of rotatable bonds is 5. The molecule has 0 aliphatic heterocycles. The van der Waals surface area contributed by atoms with Crippen molar-refractivity contribution in [2.75, 3.05) is 7.11 Å². The first-order chi connectivity index (χ1) is 10.2. The van der Waals surface area contributed by atoms with Gasteiger partial charge in [-0.05, 0) is 67.4 Å². The Labute approximate surface area is 128 Å². The van der Waals surface area contributed by atoms with Gasteiger partial charge in [-0.1, -0.05) is 24.3 Å². The van der Waals surface area contributed by atoms with Gasteiger partial charge < -0.3 is 10.1 Å². The largest absolute Gasteiger partial charge is 0.380 e. The number of hydrogen-bond donors (Lipinski definition) is 1. The smallest absolute Gasteiger partial charge is 0.0713 e. The molecule has 1 N–H and O–H groups in total. The van der Waals surface area contributed by atoms with Crippen molar-refractivity contribution in [3.8, 4) is 0 Å². The molecule has 4 saturated carbocycles. The van der Waals surface area contributed by atoms with E-state index < -0.39 is 0 Å². The number of hydrogen-bond acceptors (Lipinski definition) is 2. The van der Waals surface area contributed by atoms with Crippen LogP contribution < -0.4 is 5.32 Å². The second kappa shape index (κ2) is 5.40. The van der Waals surface area contributed by atoms with Crippen molar-refractivity contribution in [1.82, 2.24) is 5.32 Å². The van der Waals surface area contributed by atoms with E-state index in [9.17, 15) is 0 Å². The van der Waals surface area contributed by atoms with Crippen LogP contribution in [-0.2, 0) is 17.9 Å². The Morgan fingerprint density at radius 3 is 2.00 bits per heavy atom. The van der Waals surface area contributed by atoms with E-state index in [-0.39, 0.29) is 0 Å². The van der Waals surface area contributed by atoms with Gasteiger partial charge in [-0.25, -0.2) is 0 Å². The predicted octanol–water partition coefficient (Wildman–Crippen LogP) is 3.89. The van der Waals surface area contributed by atoms with Gasteiger partial charge in [0.15, 0.2) is 0 Å². The summed E-state index contributed by atoms with van der Waals surface area (Å²) >= 11 is 0. The van der Waals surface area contributed by atoms with Crippen LogP contribution in [0.5, 0.6) is 0 Å². The van der Waals surface area contributed by atoms with E-state index in [4.69, 9.17) is 4.74 Å². The van der Waals surface area contributed by atoms with Crippen LogP contribution in [0.25, 0.3) is 0 Å². The minimum atomic E-state index is 0.472. The van der Waals surface area contributed by atoms with Crippen molar-refractivity contribution in [2.24, 2.45) is 17.8 Å². The fraction of sp³-hybridized carbons (Fsp3) is 0.684. The van der Waals surface area contributed by atoms with Crippen LogP contribution >= 0.6 is 0 Å². The summed E-state index contributed by atoms with van der Waals surface area (Å²) in [6, 6.07) is 8.89. The van der Waals surface area contributed by atoms with Crippen molar-refractivity contribution < 1.29 is 4.74 Å². The molecule has 0 aromatic heterocycles. The zero-order valence-corrected chi connectivity index (χ0v) is 13.1. The predicted molar refractivity (Wildman–Crippen MR) is 84.9 cm³/mol. The summed E-state index contributed by atoms with van der Waals surface area (Å²) in [6.07, 6.45) is 8.86. The van der Waals surface area contributed by atoms with E-state index in [1.165, 1.54) is 49.7 Å². The van der Waals surface area contributed by atoms with E-state index >= 15 is 0 Å². The van der Waals surface area contributed by atoms with Crippen LogP contribution in [0.1, 0.15) is 49.7 Å². The molecule has 1 aromatic carbocycles. The highest BCUT2D eigenvalue weighted by Gasteiger charge is 2.50. The lowest BCUT2D eigenvalue weighted by Gasteiger charge is -2.57. The molecule has 4 fully saturated rings. The number of nitrogens with one attached hydrogen (secondary N) is 1. The Morgan fingerprint density at radius 1 is 0.952 bits per heavy atom. The average Bonchev–Trinajstić information content (AvgIpc) is 2.46. The monoisotopic (exact) mass is 285 g/mol. The van der Waals surface area contributed by atoms with Gasteiger partial charge in [-0.3, -0.25) is 0 Å². The van der Waals surface area contributed by atoms with Crippen molar-refractivity contribution in [1.29, 1.82) is 0 Å². The molecule has 0 unspecified atom stereocenters. The quantitative estimate of drug-likeness (QED) is 0.886. The maximum absolute atomic E-state index is 5.18. The topological polar surface area (TPSA) is 21.3 Å². The van der Waals surface area contributed by atoms with Crippen LogP contribution in [0, 0.1) is 17.8 Å². The highest BCUT2D eigenvalue weighted by atomic mass is 16.5. The average molecular weight is 285 g/mol. The first-order valence-electron chi connectivity index (χ1n) is 8.56. The highest BCUT2D eigenvalue weighted by Crippen LogP contribution is 2.55. The third-order valence-corrected chi connectivity index (χ3v) is 6.04. The van der Waals surface area contributed by atoms with Crippen molar-refractivity contribution in [3.05, 3.63) is 35.4 Å². The molecule has 2 heteroatoms. The normalized spacial score (nSPS) is 37.1. The minimum Gasteiger partial charge on any atom is -0.380 e. The van der Waals surface area contributed by atoms with Gasteiger partial charge in [0, 0.05) is 19.2 Å². The fourth-order valence-corrected chi connectivity index (χ4v) is 5.54. The molecule has 0 radical (unpaired) electrons. The van der Waals surface area contributed by atoms with Gasteiger partial charge in [-0.15, -0.1) is 0 Å². The van der Waals surface area contributed by atoms with E-state index in [2.05, 4.69) is 29.6 Å². The number of ether oxygens (including phenoxy) is 1. The second-order valence-electron chi connectivity index (χ2n) is 7.80. The van der Waals surface area contributed by atoms with Crippen molar-refractivity contribution >= 4 is 0 Å². The molecule has 1 aromatic rings. The van der Waals surface area contributed by atoms with Gasteiger partial charge in [0.05, 0.1) is 6.61 Å². The maximum Gasteiger partial charge on any atom is 0.0713 e. The summed E-state index contributed by atoms with van der Waals surface area (Å²) in [7, 11) is 1.75. The molecular weight excluding hydrogens is 258 g/mol. The summed E-state index contributed by atoms with van der Waals surface area (Å²) in [6.45, 7) is 1.74. The van der Waals surface area contributed by atoms with Gasteiger partial charge in [0.25, 0.3) is 0 Å². The fourth-order valence-electron chi connectivity index (χ4n) is 5.54. The van der Waals surface area contributed by atoms with Gasteiger partial charge in [0.2, 0.25) is 0 Å². The van der Waals surface area contributed by atoms with Crippen LogP contribution in [0.2, 0.25) is 0 Å². The Bertz CT molecular complexity index is 458. The highest BCUT2D eigenvalue weighted by molar-refractivity contribution is 5.22. The summed E-state index contributed by atoms with van der Waals surface area (Å²) < 4.78 is 5.18. The van der Waals surface area contributed by atoms with Crippen molar-refractivity contribution in [3.63, 3.8) is 0 Å². The second-order valence-corrected chi connectivity index (χ2v) is 7.80. The zero-order valence-electron chi connectivity index (χ0n) is 13.1. The van der Waals surface area contributed by atoms with Crippen LogP contribution in [0.15, 0.2) is 24.3 Å². The van der Waals surface area contributed by atoms with Gasteiger partial charge in [0.1, 0.15) is 0 Å². The molecular formula is C19H27NO. The first kappa shape index (κ1) is 13.8. The summed E-state index contributed by atoms with van der Waals surface area (Å²) in [4.78, 5) is 0.